The van der Waals surface area contributed by atoms with Crippen molar-refractivity contribution in [3.63, 3.8) is 0 Å². The van der Waals surface area contributed by atoms with E-state index in [0.29, 0.717) is 28.8 Å². The fraction of sp³-hybridized carbons (Fsp3) is 0.310. The van der Waals surface area contributed by atoms with Crippen LogP contribution in [0.1, 0.15) is 36.5 Å². The molecular weight excluding hydrogens is 495 g/mol. The van der Waals surface area contributed by atoms with E-state index in [0.717, 1.165) is 29.5 Å². The number of aryl methyl sites for hydroxylation is 1. The molecule has 0 aliphatic heterocycles. The lowest BCUT2D eigenvalue weighted by atomic mass is 10.0. The van der Waals surface area contributed by atoms with Gasteiger partial charge in [-0.05, 0) is 54.3 Å². The Bertz CT molecular complexity index is 1150. The summed E-state index contributed by atoms with van der Waals surface area (Å²) in [6, 6.07) is 21.7. The van der Waals surface area contributed by atoms with Crippen LogP contribution < -0.4 is 10.1 Å². The molecule has 3 rings (SSSR count). The van der Waals surface area contributed by atoms with Gasteiger partial charge in [0.2, 0.25) is 5.91 Å². The van der Waals surface area contributed by atoms with E-state index in [9.17, 15) is 9.59 Å². The fourth-order valence-corrected chi connectivity index (χ4v) is 4.15. The van der Waals surface area contributed by atoms with Crippen LogP contribution in [-0.2, 0) is 22.6 Å². The normalized spacial score (nSPS) is 11.6. The minimum absolute atomic E-state index is 0.186. The van der Waals surface area contributed by atoms with Crippen LogP contribution in [0, 0.1) is 6.92 Å². The van der Waals surface area contributed by atoms with E-state index < -0.39 is 6.04 Å². The maximum absolute atomic E-state index is 13.6. The first kappa shape index (κ1) is 27.6. The van der Waals surface area contributed by atoms with Crippen LogP contribution in [0.15, 0.2) is 72.8 Å². The molecule has 0 heterocycles. The van der Waals surface area contributed by atoms with Crippen molar-refractivity contribution < 1.29 is 14.3 Å². The molecule has 0 bridgehead atoms. The van der Waals surface area contributed by atoms with Crippen LogP contribution in [-0.4, -0.2) is 35.9 Å². The Morgan fingerprint density at radius 2 is 1.72 bits per heavy atom. The zero-order chi connectivity index (χ0) is 25.9. The molecule has 7 heteroatoms. The molecule has 36 heavy (non-hydrogen) atoms. The third-order valence-electron chi connectivity index (χ3n) is 5.79. The number of amides is 2. The van der Waals surface area contributed by atoms with Gasteiger partial charge in [0.15, 0.2) is 6.61 Å². The number of hydrogen-bond donors (Lipinski definition) is 1. The highest BCUT2D eigenvalue weighted by molar-refractivity contribution is 6.42. The summed E-state index contributed by atoms with van der Waals surface area (Å²) in [6.07, 6.45) is 2.19. The summed E-state index contributed by atoms with van der Waals surface area (Å²) < 4.78 is 5.82. The lowest BCUT2D eigenvalue weighted by Crippen LogP contribution is -2.51. The second kappa shape index (κ2) is 13.9. The summed E-state index contributed by atoms with van der Waals surface area (Å²) in [6.45, 7) is 4.57. The largest absolute Gasteiger partial charge is 0.484 e. The molecule has 0 fully saturated rings. The molecule has 0 saturated heterocycles. The van der Waals surface area contributed by atoms with Gasteiger partial charge in [-0.1, -0.05) is 85.1 Å². The standard InChI is InChI=1S/C29H32Cl2N2O3/c1-3-4-15-32-29(35)27(18-22-10-6-5-7-11-22)33(19-23-13-14-25(30)26(31)17-23)28(34)20-36-24-12-8-9-21(2)16-24/h5-14,16-17,27H,3-4,15,18-20H2,1-2H3,(H,32,35)/t27-/m0/s1. The molecule has 2 amide bonds. The molecule has 0 aliphatic carbocycles. The van der Waals surface area contributed by atoms with E-state index in [4.69, 9.17) is 27.9 Å². The second-order valence-electron chi connectivity index (χ2n) is 8.73. The van der Waals surface area contributed by atoms with Crippen LogP contribution in [0.5, 0.6) is 5.75 Å². The quantitative estimate of drug-likeness (QED) is 0.284. The zero-order valence-electron chi connectivity index (χ0n) is 20.7. The van der Waals surface area contributed by atoms with Gasteiger partial charge in [-0.25, -0.2) is 0 Å². The Balaban J connectivity index is 1.90. The highest BCUT2D eigenvalue weighted by atomic mass is 35.5. The van der Waals surface area contributed by atoms with E-state index in [1.807, 2.05) is 67.6 Å². The maximum atomic E-state index is 13.6. The molecular formula is C29H32Cl2N2O3. The van der Waals surface area contributed by atoms with Gasteiger partial charge in [-0.3, -0.25) is 9.59 Å². The fourth-order valence-electron chi connectivity index (χ4n) is 3.83. The molecule has 3 aromatic carbocycles. The van der Waals surface area contributed by atoms with Crippen molar-refractivity contribution >= 4 is 35.0 Å². The monoisotopic (exact) mass is 526 g/mol. The molecule has 0 radical (unpaired) electrons. The molecule has 3 aromatic rings. The molecule has 0 spiro atoms. The van der Waals surface area contributed by atoms with Gasteiger partial charge >= 0.3 is 0 Å². The van der Waals surface area contributed by atoms with Crippen LogP contribution in [0.3, 0.4) is 0 Å². The minimum atomic E-state index is -0.729. The minimum Gasteiger partial charge on any atom is -0.484 e. The highest BCUT2D eigenvalue weighted by Crippen LogP contribution is 2.24. The van der Waals surface area contributed by atoms with Crippen molar-refractivity contribution in [3.8, 4) is 5.75 Å². The number of halogens is 2. The van der Waals surface area contributed by atoms with Crippen LogP contribution in [0.4, 0.5) is 0 Å². The third kappa shape index (κ3) is 8.28. The smallest absolute Gasteiger partial charge is 0.261 e. The molecule has 0 aliphatic rings. The Hall–Kier alpha value is -3.02. The summed E-state index contributed by atoms with van der Waals surface area (Å²) in [5.74, 6) is 0.107. The molecule has 190 valence electrons. The Morgan fingerprint density at radius 1 is 0.944 bits per heavy atom. The number of benzene rings is 3. The van der Waals surface area contributed by atoms with Crippen molar-refractivity contribution in [1.29, 1.82) is 0 Å². The van der Waals surface area contributed by atoms with Crippen molar-refractivity contribution in [3.05, 3.63) is 99.5 Å². The topological polar surface area (TPSA) is 58.6 Å². The van der Waals surface area contributed by atoms with E-state index >= 15 is 0 Å². The summed E-state index contributed by atoms with van der Waals surface area (Å²) in [5, 5.41) is 3.83. The van der Waals surface area contributed by atoms with Crippen LogP contribution in [0.25, 0.3) is 0 Å². The van der Waals surface area contributed by atoms with E-state index in [1.54, 1.807) is 17.0 Å². The lowest BCUT2D eigenvalue weighted by Gasteiger charge is -2.31. The van der Waals surface area contributed by atoms with Gasteiger partial charge in [-0.15, -0.1) is 0 Å². The molecule has 1 N–H and O–H groups in total. The summed E-state index contributed by atoms with van der Waals surface area (Å²) in [7, 11) is 0. The number of carbonyl (C=O) groups excluding carboxylic acids is 2. The SMILES string of the molecule is CCCCNC(=O)[C@H](Cc1ccccc1)N(Cc1ccc(Cl)c(Cl)c1)C(=O)COc1cccc(C)c1. The Morgan fingerprint density at radius 3 is 2.42 bits per heavy atom. The number of carbonyl (C=O) groups is 2. The molecule has 1 atom stereocenters. The Labute approximate surface area is 223 Å². The maximum Gasteiger partial charge on any atom is 0.261 e. The van der Waals surface area contributed by atoms with Crippen LogP contribution >= 0.6 is 23.2 Å². The van der Waals surface area contributed by atoms with Crippen molar-refractivity contribution in [1.82, 2.24) is 10.2 Å². The van der Waals surface area contributed by atoms with Crippen molar-refractivity contribution in [2.24, 2.45) is 0 Å². The molecule has 0 saturated carbocycles. The van der Waals surface area contributed by atoms with Gasteiger partial charge in [0.25, 0.3) is 5.91 Å². The summed E-state index contributed by atoms with van der Waals surface area (Å²) in [5.41, 5.74) is 2.76. The summed E-state index contributed by atoms with van der Waals surface area (Å²) >= 11 is 12.4. The first-order chi connectivity index (χ1) is 17.4. The summed E-state index contributed by atoms with van der Waals surface area (Å²) in [4.78, 5) is 28.6. The van der Waals surface area contributed by atoms with Crippen molar-refractivity contribution in [2.45, 2.75) is 45.7 Å². The molecule has 0 unspecified atom stereocenters. The third-order valence-corrected chi connectivity index (χ3v) is 6.53. The van der Waals surface area contributed by atoms with E-state index in [-0.39, 0.29) is 25.0 Å². The number of ether oxygens (including phenoxy) is 1. The van der Waals surface area contributed by atoms with Crippen molar-refractivity contribution in [2.75, 3.05) is 13.2 Å². The van der Waals surface area contributed by atoms with Gasteiger partial charge in [0.1, 0.15) is 11.8 Å². The number of nitrogens with zero attached hydrogens (tertiary/aromatic N) is 1. The predicted molar refractivity (Wildman–Crippen MR) is 146 cm³/mol. The zero-order valence-corrected chi connectivity index (χ0v) is 22.2. The van der Waals surface area contributed by atoms with Gasteiger partial charge in [0, 0.05) is 19.5 Å². The number of unbranched alkanes of at least 4 members (excludes halogenated alkanes) is 1. The van der Waals surface area contributed by atoms with Gasteiger partial charge in [0.05, 0.1) is 10.0 Å². The first-order valence-corrected chi connectivity index (χ1v) is 12.9. The predicted octanol–water partition coefficient (Wildman–Crippen LogP) is 6.24. The van der Waals surface area contributed by atoms with Gasteiger partial charge in [-0.2, -0.15) is 0 Å². The van der Waals surface area contributed by atoms with E-state index in [2.05, 4.69) is 12.2 Å². The van der Waals surface area contributed by atoms with Crippen LogP contribution in [0.2, 0.25) is 10.0 Å². The molecule has 0 aromatic heterocycles. The van der Waals surface area contributed by atoms with E-state index in [1.165, 1.54) is 0 Å². The first-order valence-electron chi connectivity index (χ1n) is 12.1. The number of hydrogen-bond acceptors (Lipinski definition) is 3. The number of rotatable bonds is 12. The second-order valence-corrected chi connectivity index (χ2v) is 9.54. The highest BCUT2D eigenvalue weighted by Gasteiger charge is 2.30. The average Bonchev–Trinajstić information content (AvgIpc) is 2.87. The van der Waals surface area contributed by atoms with Gasteiger partial charge < -0.3 is 15.0 Å². The average molecular weight is 527 g/mol. The lowest BCUT2D eigenvalue weighted by molar-refractivity contribution is -0.142. The Kier molecular flexibility index (Phi) is 10.6. The number of nitrogens with one attached hydrogen (secondary N) is 1. The molecule has 5 nitrogen and oxygen atoms in total.